The molecule has 0 fully saturated rings. The highest BCUT2D eigenvalue weighted by Gasteiger charge is 2.22. The number of rotatable bonds is 4. The monoisotopic (exact) mass is 151 g/mol. The third-order valence-electron chi connectivity index (χ3n) is 1.07. The van der Waals surface area contributed by atoms with Crippen LogP contribution in [0, 0.1) is 0 Å². The van der Waals surface area contributed by atoms with Crippen LogP contribution in [-0.2, 0) is 4.79 Å². The van der Waals surface area contributed by atoms with Crippen LogP contribution in [0.4, 0.5) is 0 Å². The summed E-state index contributed by atoms with van der Waals surface area (Å²) >= 11 is 0. The van der Waals surface area contributed by atoms with Crippen LogP contribution >= 0.6 is 0 Å². The Balaban J connectivity index is 3.80. The van der Waals surface area contributed by atoms with Crippen molar-refractivity contribution in [3.8, 4) is 0 Å². The maximum absolute atomic E-state index is 9.76. The minimum Gasteiger partial charge on any atom is -0.394 e. The summed E-state index contributed by atoms with van der Waals surface area (Å²) in [6.07, 6.45) is -4.63. The molecule has 0 unspecified atom stereocenters. The first-order valence-electron chi connectivity index (χ1n) is 2.73. The van der Waals surface area contributed by atoms with Gasteiger partial charge in [-0.15, -0.1) is 0 Å². The van der Waals surface area contributed by atoms with Gasteiger partial charge in [-0.2, -0.15) is 0 Å². The van der Waals surface area contributed by atoms with E-state index in [0.29, 0.717) is 0 Å². The van der Waals surface area contributed by atoms with Crippen LogP contribution in [0.1, 0.15) is 0 Å². The van der Waals surface area contributed by atoms with Gasteiger partial charge in [-0.05, 0) is 0 Å². The largest absolute Gasteiger partial charge is 0.394 e. The molecular weight excluding hydrogens is 141 g/mol. The molecule has 0 aliphatic heterocycles. The second kappa shape index (κ2) is 4.35. The number of aliphatic hydroxyl groups is 4. The minimum atomic E-state index is -1.64. The van der Waals surface area contributed by atoms with Crippen LogP contribution in [0.15, 0.2) is 0 Å². The lowest BCUT2D eigenvalue weighted by molar-refractivity contribution is -0.127. The molecule has 0 saturated carbocycles. The van der Waals surface area contributed by atoms with E-state index >= 15 is 0 Å². The van der Waals surface area contributed by atoms with Crippen molar-refractivity contribution in [2.24, 2.45) is 0 Å². The highest BCUT2D eigenvalue weighted by atomic mass is 16.4. The maximum Gasteiger partial charge on any atom is 0.151 e. The molecule has 5 heteroatoms. The second-order valence-electron chi connectivity index (χ2n) is 1.87. The summed E-state index contributed by atoms with van der Waals surface area (Å²) in [5.41, 5.74) is 0. The molecule has 60 valence electrons. The molecule has 0 heterocycles. The molecule has 0 spiro atoms. The molecule has 0 bridgehead atoms. The van der Waals surface area contributed by atoms with Crippen molar-refractivity contribution < 1.29 is 25.2 Å². The Bertz CT molecular complexity index is 104. The van der Waals surface area contributed by atoms with E-state index < -0.39 is 24.9 Å². The Morgan fingerprint density at radius 1 is 1.30 bits per heavy atom. The zero-order chi connectivity index (χ0) is 8.15. The SMILES string of the molecule is O=[13CH][C@@H](O)[C@@H](O)[C@@H](O)CO. The van der Waals surface area contributed by atoms with Gasteiger partial charge in [0, 0.05) is 0 Å². The Labute approximate surface area is 57.5 Å². The predicted molar refractivity (Wildman–Crippen MR) is 31.2 cm³/mol. The topological polar surface area (TPSA) is 98.0 Å². The standard InChI is InChI=1S/C5H10O5/c6-1-3(8)5(10)4(9)2-7/h1,3-5,7-10H,2H2/t3-,4+,5-/m1/s1/i1+1. The van der Waals surface area contributed by atoms with Crippen molar-refractivity contribution in [1.82, 2.24) is 0 Å². The zero-order valence-electron chi connectivity index (χ0n) is 5.21. The first-order chi connectivity index (χ1) is 4.63. The smallest absolute Gasteiger partial charge is 0.151 e. The van der Waals surface area contributed by atoms with Crippen LogP contribution in [0.2, 0.25) is 0 Å². The number of hydrogen-bond acceptors (Lipinski definition) is 5. The summed E-state index contributed by atoms with van der Waals surface area (Å²) in [7, 11) is 0. The molecule has 3 atom stereocenters. The van der Waals surface area contributed by atoms with Crippen molar-refractivity contribution in [2.45, 2.75) is 18.3 Å². The molecule has 0 aromatic rings. The van der Waals surface area contributed by atoms with Gasteiger partial charge in [0.2, 0.25) is 0 Å². The van der Waals surface area contributed by atoms with Gasteiger partial charge >= 0.3 is 0 Å². The van der Waals surface area contributed by atoms with Crippen LogP contribution in [0.25, 0.3) is 0 Å². The van der Waals surface area contributed by atoms with E-state index in [-0.39, 0.29) is 6.29 Å². The van der Waals surface area contributed by atoms with Gasteiger partial charge < -0.3 is 25.2 Å². The lowest BCUT2D eigenvalue weighted by Crippen LogP contribution is -2.40. The molecule has 0 radical (unpaired) electrons. The fraction of sp³-hybridized carbons (Fsp3) is 0.800. The molecule has 4 N–H and O–H groups in total. The zero-order valence-corrected chi connectivity index (χ0v) is 5.21. The third-order valence-corrected chi connectivity index (χ3v) is 1.07. The van der Waals surface area contributed by atoms with E-state index in [2.05, 4.69) is 0 Å². The number of aliphatic hydroxyl groups excluding tert-OH is 4. The first kappa shape index (κ1) is 9.51. The normalized spacial score (nSPS) is 19.6. The third kappa shape index (κ3) is 2.40. The summed E-state index contributed by atoms with van der Waals surface area (Å²) < 4.78 is 0. The van der Waals surface area contributed by atoms with Gasteiger partial charge in [0.1, 0.15) is 18.3 Å². The summed E-state index contributed by atoms with van der Waals surface area (Å²) in [5, 5.41) is 34.1. The van der Waals surface area contributed by atoms with E-state index in [4.69, 9.17) is 20.4 Å². The molecule has 0 rings (SSSR count). The fourth-order valence-corrected chi connectivity index (χ4v) is 0.416. The molecule has 0 amide bonds. The van der Waals surface area contributed by atoms with Crippen molar-refractivity contribution in [3.63, 3.8) is 0 Å². The summed E-state index contributed by atoms with van der Waals surface area (Å²) in [6.45, 7) is -0.688. The minimum absolute atomic E-state index is 0.0869. The van der Waals surface area contributed by atoms with Crippen LogP contribution in [-0.4, -0.2) is 51.6 Å². The van der Waals surface area contributed by atoms with Crippen molar-refractivity contribution in [2.75, 3.05) is 6.61 Å². The quantitative estimate of drug-likeness (QED) is 0.258. The van der Waals surface area contributed by atoms with Gasteiger partial charge in [0.15, 0.2) is 6.29 Å². The van der Waals surface area contributed by atoms with E-state index in [9.17, 15) is 4.79 Å². The average Bonchev–Trinajstić information content (AvgIpc) is 2.00. The number of aldehydes is 1. The van der Waals surface area contributed by atoms with Crippen molar-refractivity contribution in [1.29, 1.82) is 0 Å². The van der Waals surface area contributed by atoms with Crippen LogP contribution < -0.4 is 0 Å². The highest BCUT2D eigenvalue weighted by molar-refractivity contribution is 5.56. The predicted octanol–water partition coefficient (Wildman–Crippen LogP) is -2.74. The number of hydrogen-bond donors (Lipinski definition) is 4. The van der Waals surface area contributed by atoms with Crippen molar-refractivity contribution >= 4 is 6.29 Å². The van der Waals surface area contributed by atoms with Gasteiger partial charge in [-0.3, -0.25) is 0 Å². The van der Waals surface area contributed by atoms with Crippen molar-refractivity contribution in [3.05, 3.63) is 0 Å². The first-order valence-corrected chi connectivity index (χ1v) is 2.73. The van der Waals surface area contributed by atoms with E-state index in [1.807, 2.05) is 0 Å². The van der Waals surface area contributed by atoms with Gasteiger partial charge in [0.25, 0.3) is 0 Å². The maximum atomic E-state index is 9.76. The molecule has 0 aliphatic carbocycles. The molecule has 0 saturated heterocycles. The molecule has 5 nitrogen and oxygen atoms in total. The number of carbonyl (C=O) groups excluding carboxylic acids is 1. The number of carbonyl (C=O) groups is 1. The summed E-state index contributed by atoms with van der Waals surface area (Å²) in [4.78, 5) is 9.76. The Kier molecular flexibility index (Phi) is 4.13. The highest BCUT2D eigenvalue weighted by Crippen LogP contribution is 1.96. The van der Waals surface area contributed by atoms with E-state index in [1.165, 1.54) is 0 Å². The average molecular weight is 151 g/mol. The molecule has 0 aromatic carbocycles. The van der Waals surface area contributed by atoms with Gasteiger partial charge in [0.05, 0.1) is 6.61 Å². The fourth-order valence-electron chi connectivity index (χ4n) is 0.416. The lowest BCUT2D eigenvalue weighted by Gasteiger charge is -2.16. The molecular formula is C5H10O5. The van der Waals surface area contributed by atoms with E-state index in [1.54, 1.807) is 0 Å². The van der Waals surface area contributed by atoms with Crippen LogP contribution in [0.5, 0.6) is 0 Å². The molecule has 0 aromatic heterocycles. The Hall–Kier alpha value is -0.490. The van der Waals surface area contributed by atoms with Gasteiger partial charge in [-0.25, -0.2) is 0 Å². The lowest BCUT2D eigenvalue weighted by atomic mass is 10.2. The second-order valence-corrected chi connectivity index (χ2v) is 1.87. The molecule has 0 aliphatic rings. The van der Waals surface area contributed by atoms with Crippen LogP contribution in [0.3, 0.4) is 0 Å². The Morgan fingerprint density at radius 2 is 1.80 bits per heavy atom. The summed E-state index contributed by atoms with van der Waals surface area (Å²) in [5.74, 6) is 0. The Morgan fingerprint density at radius 3 is 2.10 bits per heavy atom. The van der Waals surface area contributed by atoms with E-state index in [0.717, 1.165) is 0 Å². The van der Waals surface area contributed by atoms with Gasteiger partial charge in [-0.1, -0.05) is 0 Å². The summed E-state index contributed by atoms with van der Waals surface area (Å²) in [6, 6.07) is 0. The molecule has 10 heavy (non-hydrogen) atoms.